The number of nitrogens with zero attached hydrogens (tertiary/aromatic N) is 1. The summed E-state index contributed by atoms with van der Waals surface area (Å²) in [5.74, 6) is -1.16. The van der Waals surface area contributed by atoms with Crippen molar-refractivity contribution in [3.8, 4) is 0 Å². The standard InChI is InChI=1S/C8H9FNO4S/c1-15(13,14)5-6-2-7(9)4-8(3-6)10(11)12/h2-4H,5H2,1H3,(H,11,12)/q+1. The van der Waals surface area contributed by atoms with Crippen LogP contribution in [0.1, 0.15) is 5.56 Å². The van der Waals surface area contributed by atoms with E-state index in [0.29, 0.717) is 0 Å². The molecule has 15 heavy (non-hydrogen) atoms. The summed E-state index contributed by atoms with van der Waals surface area (Å²) in [5, 5.41) is 8.53. The predicted octanol–water partition coefficient (Wildman–Crippen LogP) is 1.17. The van der Waals surface area contributed by atoms with Crippen LogP contribution in [0.2, 0.25) is 0 Å². The van der Waals surface area contributed by atoms with E-state index in [2.05, 4.69) is 0 Å². The molecule has 1 aromatic carbocycles. The SMILES string of the molecule is CS(=O)(=O)Cc1cc(F)cc([N+](=O)O)c1. The molecule has 0 amide bonds. The van der Waals surface area contributed by atoms with Gasteiger partial charge in [-0.25, -0.2) is 18.0 Å². The number of rotatable bonds is 3. The van der Waals surface area contributed by atoms with Crippen LogP contribution in [0.4, 0.5) is 10.1 Å². The van der Waals surface area contributed by atoms with E-state index in [9.17, 15) is 17.7 Å². The summed E-state index contributed by atoms with van der Waals surface area (Å²) in [6.07, 6.45) is 0.992. The minimum atomic E-state index is -3.31. The topological polar surface area (TPSA) is 74.5 Å². The van der Waals surface area contributed by atoms with Gasteiger partial charge in [-0.15, -0.1) is 0 Å². The molecule has 0 heterocycles. The highest BCUT2D eigenvalue weighted by Crippen LogP contribution is 2.17. The molecule has 82 valence electrons. The minimum Gasteiger partial charge on any atom is -0.241 e. The molecular weight excluding hydrogens is 225 g/mol. The Kier molecular flexibility index (Phi) is 3.04. The lowest BCUT2D eigenvalue weighted by atomic mass is 10.2. The zero-order chi connectivity index (χ0) is 11.6. The average molecular weight is 234 g/mol. The molecule has 7 heteroatoms. The van der Waals surface area contributed by atoms with Gasteiger partial charge in [0.1, 0.15) is 5.82 Å². The van der Waals surface area contributed by atoms with E-state index in [0.717, 1.165) is 24.5 Å². The van der Waals surface area contributed by atoms with Crippen LogP contribution in [0.3, 0.4) is 0 Å². The Hall–Kier alpha value is -1.50. The summed E-state index contributed by atoms with van der Waals surface area (Å²) in [4.78, 5) is 9.95. The Morgan fingerprint density at radius 3 is 2.47 bits per heavy atom. The average Bonchev–Trinajstić information content (AvgIpc) is 1.99. The van der Waals surface area contributed by atoms with Crippen LogP contribution < -0.4 is 0 Å². The smallest absolute Gasteiger partial charge is 0.241 e. The van der Waals surface area contributed by atoms with Crippen molar-refractivity contribution in [1.29, 1.82) is 0 Å². The third-order valence-electron chi connectivity index (χ3n) is 1.59. The van der Waals surface area contributed by atoms with E-state index in [1.54, 1.807) is 0 Å². The molecule has 1 aromatic rings. The van der Waals surface area contributed by atoms with Crippen LogP contribution in [-0.2, 0) is 15.6 Å². The summed E-state index contributed by atoms with van der Waals surface area (Å²) in [7, 11) is -3.31. The summed E-state index contributed by atoms with van der Waals surface area (Å²) in [5.41, 5.74) is -0.226. The number of benzene rings is 1. The molecule has 0 aliphatic carbocycles. The Balaban J connectivity index is 3.15. The molecule has 1 rings (SSSR count). The fourth-order valence-electron chi connectivity index (χ4n) is 1.13. The molecule has 0 bridgehead atoms. The van der Waals surface area contributed by atoms with E-state index in [1.807, 2.05) is 0 Å². The van der Waals surface area contributed by atoms with Crippen molar-refractivity contribution in [3.05, 3.63) is 34.5 Å². The van der Waals surface area contributed by atoms with Crippen molar-refractivity contribution < 1.29 is 22.9 Å². The van der Waals surface area contributed by atoms with Gasteiger partial charge in [0.25, 0.3) is 4.92 Å². The Labute approximate surface area is 85.6 Å². The van der Waals surface area contributed by atoms with Gasteiger partial charge in [-0.3, -0.25) is 0 Å². The molecule has 0 aliphatic heterocycles. The molecule has 0 saturated heterocycles. The van der Waals surface area contributed by atoms with E-state index in [1.165, 1.54) is 0 Å². The fourth-order valence-corrected chi connectivity index (χ4v) is 1.90. The van der Waals surface area contributed by atoms with Crippen molar-refractivity contribution in [3.63, 3.8) is 0 Å². The van der Waals surface area contributed by atoms with Crippen molar-refractivity contribution in [1.82, 2.24) is 0 Å². The number of sulfone groups is 1. The largest absolute Gasteiger partial charge is 0.319 e. The Bertz CT molecular complexity index is 497. The lowest BCUT2D eigenvalue weighted by molar-refractivity contribution is -0.729. The molecule has 1 N–H and O–H groups in total. The van der Waals surface area contributed by atoms with Gasteiger partial charge in [0.05, 0.1) is 16.7 Å². The highest BCUT2D eigenvalue weighted by atomic mass is 32.2. The highest BCUT2D eigenvalue weighted by Gasteiger charge is 2.16. The summed E-state index contributed by atoms with van der Waals surface area (Å²) in [6, 6.07) is 2.91. The van der Waals surface area contributed by atoms with Crippen molar-refractivity contribution in [2.24, 2.45) is 0 Å². The Morgan fingerprint density at radius 1 is 1.40 bits per heavy atom. The second kappa shape index (κ2) is 3.93. The quantitative estimate of drug-likeness (QED) is 0.796. The molecular formula is C8H9FNO4S+. The number of hydrogen-bond donors (Lipinski definition) is 1. The number of hydrogen-bond acceptors (Lipinski definition) is 3. The van der Waals surface area contributed by atoms with Crippen LogP contribution >= 0.6 is 0 Å². The molecule has 0 unspecified atom stereocenters. The first kappa shape index (κ1) is 11.6. The van der Waals surface area contributed by atoms with E-state index >= 15 is 0 Å². The van der Waals surface area contributed by atoms with E-state index in [4.69, 9.17) is 5.21 Å². The molecule has 0 saturated carbocycles. The third-order valence-corrected chi connectivity index (χ3v) is 2.45. The van der Waals surface area contributed by atoms with E-state index in [-0.39, 0.29) is 17.0 Å². The monoisotopic (exact) mass is 234 g/mol. The van der Waals surface area contributed by atoms with Gasteiger partial charge >= 0.3 is 5.69 Å². The minimum absolute atomic E-state index is 0.113. The predicted molar refractivity (Wildman–Crippen MR) is 50.0 cm³/mol. The van der Waals surface area contributed by atoms with Crippen molar-refractivity contribution in [2.45, 2.75) is 5.75 Å². The summed E-state index contributed by atoms with van der Waals surface area (Å²) >= 11 is 0. The van der Waals surface area contributed by atoms with Crippen LogP contribution in [0.15, 0.2) is 18.2 Å². The highest BCUT2D eigenvalue weighted by molar-refractivity contribution is 7.89. The van der Waals surface area contributed by atoms with Gasteiger partial charge in [-0.05, 0) is 11.6 Å². The van der Waals surface area contributed by atoms with Crippen LogP contribution in [-0.4, -0.2) is 24.8 Å². The Morgan fingerprint density at radius 2 is 2.00 bits per heavy atom. The molecule has 0 atom stereocenters. The number of halogens is 1. The lowest BCUT2D eigenvalue weighted by Crippen LogP contribution is -2.02. The third kappa shape index (κ3) is 3.62. The van der Waals surface area contributed by atoms with Gasteiger partial charge in [0.15, 0.2) is 9.84 Å². The van der Waals surface area contributed by atoms with Gasteiger partial charge in [-0.2, -0.15) is 0 Å². The normalized spacial score (nSPS) is 11.3. The van der Waals surface area contributed by atoms with Crippen molar-refractivity contribution >= 4 is 15.5 Å². The molecule has 0 aliphatic rings. The maximum absolute atomic E-state index is 12.9. The fraction of sp³-hybridized carbons (Fsp3) is 0.250. The first-order valence-corrected chi connectivity index (χ1v) is 5.97. The zero-order valence-electron chi connectivity index (χ0n) is 7.84. The molecule has 0 fully saturated rings. The molecule has 0 spiro atoms. The van der Waals surface area contributed by atoms with Gasteiger partial charge < -0.3 is 0 Å². The summed E-state index contributed by atoms with van der Waals surface area (Å²) in [6.45, 7) is 0. The lowest BCUT2D eigenvalue weighted by Gasteiger charge is -1.98. The van der Waals surface area contributed by atoms with Crippen LogP contribution in [0.25, 0.3) is 0 Å². The van der Waals surface area contributed by atoms with Gasteiger partial charge in [-0.1, -0.05) is 0 Å². The van der Waals surface area contributed by atoms with Crippen LogP contribution in [0.5, 0.6) is 0 Å². The first-order chi connectivity index (χ1) is 6.78. The molecule has 0 radical (unpaired) electrons. The maximum atomic E-state index is 12.9. The van der Waals surface area contributed by atoms with E-state index < -0.39 is 20.6 Å². The zero-order valence-corrected chi connectivity index (χ0v) is 8.66. The second-order valence-corrected chi connectivity index (χ2v) is 5.30. The van der Waals surface area contributed by atoms with Gasteiger partial charge in [0, 0.05) is 12.3 Å². The maximum Gasteiger partial charge on any atom is 0.319 e. The molecule has 0 aromatic heterocycles. The van der Waals surface area contributed by atoms with Crippen LogP contribution in [0, 0.1) is 10.7 Å². The van der Waals surface area contributed by atoms with Crippen molar-refractivity contribution in [2.75, 3.05) is 6.26 Å². The second-order valence-electron chi connectivity index (χ2n) is 3.16. The van der Waals surface area contributed by atoms with Gasteiger partial charge in [0.2, 0.25) is 0 Å². The summed E-state index contributed by atoms with van der Waals surface area (Å²) < 4.78 is 34.7. The molecule has 5 nitrogen and oxygen atoms in total. The first-order valence-electron chi connectivity index (χ1n) is 3.91.